The molecule has 1 fully saturated rings. The van der Waals surface area contributed by atoms with Gasteiger partial charge in [-0.15, -0.1) is 0 Å². The minimum atomic E-state index is 0.0680. The van der Waals surface area contributed by atoms with Crippen LogP contribution in [0.25, 0.3) is 0 Å². The molecular formula is C10H17N3O. The third-order valence-electron chi connectivity index (χ3n) is 2.73. The van der Waals surface area contributed by atoms with Crippen molar-refractivity contribution in [1.82, 2.24) is 15.1 Å². The molecule has 0 amide bonds. The first-order valence-corrected chi connectivity index (χ1v) is 5.01. The van der Waals surface area contributed by atoms with Crippen LogP contribution in [-0.4, -0.2) is 35.1 Å². The first-order chi connectivity index (χ1) is 6.70. The molecule has 1 N–H and O–H groups in total. The van der Waals surface area contributed by atoms with Gasteiger partial charge in [-0.05, 0) is 13.0 Å². The van der Waals surface area contributed by atoms with Crippen molar-refractivity contribution >= 4 is 0 Å². The zero-order chi connectivity index (χ0) is 10.0. The van der Waals surface area contributed by atoms with Crippen molar-refractivity contribution in [3.05, 3.63) is 18.0 Å². The number of ether oxygens (including phenoxy) is 1. The maximum absolute atomic E-state index is 5.79. The van der Waals surface area contributed by atoms with Crippen molar-refractivity contribution in [2.75, 3.05) is 19.7 Å². The quantitative estimate of drug-likeness (QED) is 0.753. The van der Waals surface area contributed by atoms with Crippen molar-refractivity contribution < 1.29 is 4.74 Å². The van der Waals surface area contributed by atoms with E-state index in [4.69, 9.17) is 4.74 Å². The monoisotopic (exact) mass is 195 g/mol. The Balaban J connectivity index is 1.75. The molecule has 14 heavy (non-hydrogen) atoms. The Bertz CT molecular complexity index is 304. The van der Waals surface area contributed by atoms with Crippen LogP contribution < -0.4 is 5.32 Å². The second kappa shape index (κ2) is 3.71. The Morgan fingerprint density at radius 3 is 2.93 bits per heavy atom. The molecule has 0 spiro atoms. The lowest BCUT2D eigenvalue weighted by molar-refractivity contribution is -0.0655. The molecule has 0 unspecified atom stereocenters. The molecule has 1 aromatic rings. The van der Waals surface area contributed by atoms with Crippen LogP contribution in [0.2, 0.25) is 0 Å². The van der Waals surface area contributed by atoms with Crippen LogP contribution in [0.1, 0.15) is 12.6 Å². The van der Waals surface area contributed by atoms with Gasteiger partial charge in [-0.1, -0.05) is 0 Å². The van der Waals surface area contributed by atoms with Gasteiger partial charge in [0.1, 0.15) is 0 Å². The molecule has 0 bridgehead atoms. The van der Waals surface area contributed by atoms with Gasteiger partial charge < -0.3 is 10.1 Å². The maximum atomic E-state index is 5.79. The van der Waals surface area contributed by atoms with Crippen LogP contribution in [0.4, 0.5) is 0 Å². The Morgan fingerprint density at radius 1 is 1.64 bits per heavy atom. The van der Waals surface area contributed by atoms with Crippen LogP contribution in [0.5, 0.6) is 0 Å². The number of hydrogen-bond acceptors (Lipinski definition) is 3. The molecule has 4 heteroatoms. The fraction of sp³-hybridized carbons (Fsp3) is 0.700. The van der Waals surface area contributed by atoms with Crippen molar-refractivity contribution in [2.24, 2.45) is 7.05 Å². The van der Waals surface area contributed by atoms with E-state index in [1.165, 1.54) is 5.69 Å². The van der Waals surface area contributed by atoms with E-state index < -0.39 is 0 Å². The summed E-state index contributed by atoms with van der Waals surface area (Å²) in [6.07, 6.45) is 2.76. The van der Waals surface area contributed by atoms with E-state index in [9.17, 15) is 0 Å². The Labute approximate surface area is 84.3 Å². The largest absolute Gasteiger partial charge is 0.372 e. The predicted molar refractivity (Wildman–Crippen MR) is 54.1 cm³/mol. The molecule has 1 aliphatic rings. The summed E-state index contributed by atoms with van der Waals surface area (Å²) in [5.74, 6) is 0. The highest BCUT2D eigenvalue weighted by Crippen LogP contribution is 2.15. The lowest BCUT2D eigenvalue weighted by Gasteiger charge is -2.39. The van der Waals surface area contributed by atoms with Crippen LogP contribution >= 0.6 is 0 Å². The van der Waals surface area contributed by atoms with E-state index in [1.807, 2.05) is 24.0 Å². The van der Waals surface area contributed by atoms with E-state index >= 15 is 0 Å². The van der Waals surface area contributed by atoms with E-state index in [0.29, 0.717) is 0 Å². The predicted octanol–water partition coefficient (Wildman–Crippen LogP) is 0.341. The molecule has 0 saturated carbocycles. The summed E-state index contributed by atoms with van der Waals surface area (Å²) < 4.78 is 7.68. The second-order valence-corrected chi connectivity index (χ2v) is 4.10. The molecule has 1 saturated heterocycles. The first-order valence-electron chi connectivity index (χ1n) is 5.01. The number of aromatic nitrogens is 2. The third kappa shape index (κ3) is 1.96. The summed E-state index contributed by atoms with van der Waals surface area (Å²) in [6.45, 7) is 4.86. The zero-order valence-electron chi connectivity index (χ0n) is 8.79. The number of rotatable bonds is 4. The smallest absolute Gasteiger partial charge is 0.0902 e. The van der Waals surface area contributed by atoms with Crippen molar-refractivity contribution in [3.8, 4) is 0 Å². The number of nitrogens with zero attached hydrogens (tertiary/aromatic N) is 2. The number of aryl methyl sites for hydroxylation is 1. The minimum absolute atomic E-state index is 0.0680. The lowest BCUT2D eigenvalue weighted by Crippen LogP contribution is -2.59. The van der Waals surface area contributed by atoms with Gasteiger partial charge in [-0.25, -0.2) is 0 Å². The van der Waals surface area contributed by atoms with Crippen LogP contribution in [0, 0.1) is 0 Å². The highest BCUT2D eigenvalue weighted by molar-refractivity contribution is 5.00. The van der Waals surface area contributed by atoms with Gasteiger partial charge >= 0.3 is 0 Å². The maximum Gasteiger partial charge on any atom is 0.0902 e. The molecule has 2 rings (SSSR count). The Kier molecular flexibility index (Phi) is 2.56. The van der Waals surface area contributed by atoms with Crippen molar-refractivity contribution in [1.29, 1.82) is 0 Å². The topological polar surface area (TPSA) is 39.1 Å². The summed E-state index contributed by atoms with van der Waals surface area (Å²) in [7, 11) is 1.96. The normalized spacial score (nSPS) is 19.3. The average Bonchev–Trinajstić information content (AvgIpc) is 2.49. The molecule has 0 aliphatic carbocycles. The van der Waals surface area contributed by atoms with Gasteiger partial charge in [0, 0.05) is 38.4 Å². The molecule has 1 aromatic heterocycles. The molecule has 0 radical (unpaired) electrons. The van der Waals surface area contributed by atoms with Gasteiger partial charge in [0.25, 0.3) is 0 Å². The number of hydrogen-bond donors (Lipinski definition) is 1. The molecule has 1 aliphatic heterocycles. The lowest BCUT2D eigenvalue weighted by atomic mass is 10.0. The summed E-state index contributed by atoms with van der Waals surface area (Å²) >= 11 is 0. The highest BCUT2D eigenvalue weighted by Gasteiger charge is 2.32. The van der Waals surface area contributed by atoms with Crippen molar-refractivity contribution in [2.45, 2.75) is 18.9 Å². The first kappa shape index (κ1) is 9.68. The van der Waals surface area contributed by atoms with Gasteiger partial charge in [0.05, 0.1) is 12.2 Å². The molecular weight excluding hydrogens is 178 g/mol. The van der Waals surface area contributed by atoms with E-state index in [1.54, 1.807) is 0 Å². The summed E-state index contributed by atoms with van der Waals surface area (Å²) in [5, 5.41) is 7.33. The molecule has 78 valence electrons. The van der Waals surface area contributed by atoms with E-state index in [2.05, 4.69) is 17.3 Å². The van der Waals surface area contributed by atoms with Crippen molar-refractivity contribution in [3.63, 3.8) is 0 Å². The second-order valence-electron chi connectivity index (χ2n) is 4.10. The van der Waals surface area contributed by atoms with Gasteiger partial charge in [-0.3, -0.25) is 4.68 Å². The van der Waals surface area contributed by atoms with Crippen LogP contribution in [0.15, 0.2) is 12.3 Å². The molecule has 4 nitrogen and oxygen atoms in total. The third-order valence-corrected chi connectivity index (χ3v) is 2.73. The molecule has 0 atom stereocenters. The highest BCUT2D eigenvalue weighted by atomic mass is 16.5. The fourth-order valence-electron chi connectivity index (χ4n) is 1.63. The zero-order valence-corrected chi connectivity index (χ0v) is 8.79. The van der Waals surface area contributed by atoms with Gasteiger partial charge in [0.2, 0.25) is 0 Å². The SMILES string of the molecule is Cn1nccc1CCOC1(C)CNC1. The minimum Gasteiger partial charge on any atom is -0.372 e. The summed E-state index contributed by atoms with van der Waals surface area (Å²) in [6, 6.07) is 2.03. The number of nitrogens with one attached hydrogen (secondary N) is 1. The van der Waals surface area contributed by atoms with E-state index in [0.717, 1.165) is 26.1 Å². The van der Waals surface area contributed by atoms with Gasteiger partial charge in [-0.2, -0.15) is 5.10 Å². The summed E-state index contributed by atoms with van der Waals surface area (Å²) in [5.41, 5.74) is 1.29. The van der Waals surface area contributed by atoms with E-state index in [-0.39, 0.29) is 5.60 Å². The average molecular weight is 195 g/mol. The van der Waals surface area contributed by atoms with Crippen LogP contribution in [-0.2, 0) is 18.2 Å². The fourth-order valence-corrected chi connectivity index (χ4v) is 1.63. The molecule has 0 aromatic carbocycles. The summed E-state index contributed by atoms with van der Waals surface area (Å²) in [4.78, 5) is 0. The Morgan fingerprint density at radius 2 is 2.43 bits per heavy atom. The Hall–Kier alpha value is -0.870. The van der Waals surface area contributed by atoms with Crippen LogP contribution in [0.3, 0.4) is 0 Å². The molecule has 2 heterocycles. The standard InChI is InChI=1S/C10H17N3O/c1-10(7-11-8-10)14-6-4-9-3-5-12-13(9)2/h3,5,11H,4,6-8H2,1-2H3. The van der Waals surface area contributed by atoms with Gasteiger partial charge in [0.15, 0.2) is 0 Å².